The molecule has 3 aromatic rings. The molecule has 0 bridgehead atoms. The number of carbonyl (C=O) groups excluding carboxylic acids is 1. The van der Waals surface area contributed by atoms with Crippen LogP contribution in [0.5, 0.6) is 5.75 Å². The molecule has 1 aliphatic rings. The minimum absolute atomic E-state index is 0.00234. The summed E-state index contributed by atoms with van der Waals surface area (Å²) in [6.45, 7) is -0.0167. The number of nitrogens with zero attached hydrogens (tertiary/aromatic N) is 4. The van der Waals surface area contributed by atoms with Gasteiger partial charge in [0.2, 0.25) is 5.91 Å². The summed E-state index contributed by atoms with van der Waals surface area (Å²) in [6, 6.07) is 15.2. The Labute approximate surface area is 195 Å². The first-order valence-corrected chi connectivity index (χ1v) is 13.1. The number of para-hydroxylation sites is 2. The van der Waals surface area contributed by atoms with E-state index >= 15 is 0 Å². The van der Waals surface area contributed by atoms with E-state index < -0.39 is 15.7 Å². The zero-order valence-corrected chi connectivity index (χ0v) is 19.6. The van der Waals surface area contributed by atoms with Crippen molar-refractivity contribution in [1.82, 2.24) is 19.7 Å². The highest BCUT2D eigenvalue weighted by Crippen LogP contribution is 2.25. The van der Waals surface area contributed by atoms with Crippen LogP contribution in [-0.4, -0.2) is 64.3 Å². The Balaban J connectivity index is 1.49. The Kier molecular flexibility index (Phi) is 6.99. The SMILES string of the molecule is CN(C(=O)CSc1nnc(COc2ccccc2F)n1-c1ccccc1)[C@H]1CCS(=O)(=O)C1. The van der Waals surface area contributed by atoms with E-state index in [4.69, 9.17) is 4.74 Å². The van der Waals surface area contributed by atoms with Crippen molar-refractivity contribution < 1.29 is 22.3 Å². The summed E-state index contributed by atoms with van der Waals surface area (Å²) in [5, 5.41) is 8.89. The first kappa shape index (κ1) is 23.2. The number of amides is 1. The molecule has 1 saturated heterocycles. The molecule has 2 heterocycles. The molecule has 33 heavy (non-hydrogen) atoms. The van der Waals surface area contributed by atoms with E-state index in [1.54, 1.807) is 23.7 Å². The number of aromatic nitrogens is 3. The highest BCUT2D eigenvalue weighted by molar-refractivity contribution is 7.99. The lowest BCUT2D eigenvalue weighted by Gasteiger charge is -2.23. The summed E-state index contributed by atoms with van der Waals surface area (Å²) in [5.74, 6) is 0.0848. The van der Waals surface area contributed by atoms with Crippen LogP contribution >= 0.6 is 11.8 Å². The maximum atomic E-state index is 13.9. The summed E-state index contributed by atoms with van der Waals surface area (Å²) in [7, 11) is -1.45. The van der Waals surface area contributed by atoms with Crippen LogP contribution < -0.4 is 4.74 Å². The van der Waals surface area contributed by atoms with Gasteiger partial charge in [0, 0.05) is 18.8 Å². The van der Waals surface area contributed by atoms with E-state index in [9.17, 15) is 17.6 Å². The van der Waals surface area contributed by atoms with Crippen molar-refractivity contribution in [2.75, 3.05) is 24.3 Å². The minimum atomic E-state index is -3.08. The fourth-order valence-corrected chi connectivity index (χ4v) is 6.21. The topological polar surface area (TPSA) is 94.4 Å². The molecule has 0 unspecified atom stereocenters. The van der Waals surface area contributed by atoms with Gasteiger partial charge in [0.25, 0.3) is 0 Å². The molecule has 8 nitrogen and oxygen atoms in total. The first-order chi connectivity index (χ1) is 15.8. The molecular formula is C22H23FN4O4S2. The summed E-state index contributed by atoms with van der Waals surface area (Å²) in [5.41, 5.74) is 0.778. The second-order valence-corrected chi connectivity index (χ2v) is 10.8. The van der Waals surface area contributed by atoms with Crippen molar-refractivity contribution in [2.45, 2.75) is 24.2 Å². The van der Waals surface area contributed by atoms with Crippen molar-refractivity contribution in [3.63, 3.8) is 0 Å². The minimum Gasteiger partial charge on any atom is -0.483 e. The number of rotatable bonds is 8. The average molecular weight is 491 g/mol. The summed E-state index contributed by atoms with van der Waals surface area (Å²) in [4.78, 5) is 14.2. The molecule has 2 aromatic carbocycles. The molecule has 0 N–H and O–H groups in total. The van der Waals surface area contributed by atoms with Crippen LogP contribution in [0.3, 0.4) is 0 Å². The van der Waals surface area contributed by atoms with E-state index in [1.807, 2.05) is 30.3 Å². The second kappa shape index (κ2) is 9.92. The van der Waals surface area contributed by atoms with Gasteiger partial charge in [0.15, 0.2) is 32.4 Å². The van der Waals surface area contributed by atoms with Crippen LogP contribution in [0, 0.1) is 5.82 Å². The summed E-state index contributed by atoms with van der Waals surface area (Å²) >= 11 is 1.20. The predicted molar refractivity (Wildman–Crippen MR) is 123 cm³/mol. The van der Waals surface area contributed by atoms with Crippen LogP contribution in [0.1, 0.15) is 12.2 Å². The second-order valence-electron chi connectivity index (χ2n) is 7.64. The van der Waals surface area contributed by atoms with Gasteiger partial charge in [-0.2, -0.15) is 0 Å². The molecule has 1 atom stereocenters. The lowest BCUT2D eigenvalue weighted by atomic mass is 10.2. The van der Waals surface area contributed by atoms with Crippen molar-refractivity contribution in [1.29, 1.82) is 0 Å². The van der Waals surface area contributed by atoms with Crippen molar-refractivity contribution in [2.24, 2.45) is 0 Å². The van der Waals surface area contributed by atoms with Gasteiger partial charge in [0.05, 0.1) is 17.3 Å². The van der Waals surface area contributed by atoms with Crippen LogP contribution in [0.25, 0.3) is 5.69 Å². The van der Waals surface area contributed by atoms with E-state index in [0.29, 0.717) is 17.4 Å². The number of hydrogen-bond acceptors (Lipinski definition) is 7. The van der Waals surface area contributed by atoms with E-state index in [0.717, 1.165) is 5.69 Å². The van der Waals surface area contributed by atoms with Crippen molar-refractivity contribution >= 4 is 27.5 Å². The highest BCUT2D eigenvalue weighted by Gasteiger charge is 2.32. The van der Waals surface area contributed by atoms with Gasteiger partial charge < -0.3 is 9.64 Å². The first-order valence-electron chi connectivity index (χ1n) is 10.3. The van der Waals surface area contributed by atoms with E-state index in [-0.39, 0.29) is 41.6 Å². The van der Waals surface area contributed by atoms with E-state index in [2.05, 4.69) is 10.2 Å². The van der Waals surface area contributed by atoms with Gasteiger partial charge >= 0.3 is 0 Å². The Bertz CT molecular complexity index is 1230. The van der Waals surface area contributed by atoms with Gasteiger partial charge in [-0.05, 0) is 30.7 Å². The van der Waals surface area contributed by atoms with E-state index in [1.165, 1.54) is 28.8 Å². The Morgan fingerprint density at radius 3 is 2.61 bits per heavy atom. The quantitative estimate of drug-likeness (QED) is 0.448. The largest absolute Gasteiger partial charge is 0.483 e. The third kappa shape index (κ3) is 5.53. The Morgan fingerprint density at radius 2 is 1.91 bits per heavy atom. The molecule has 0 spiro atoms. The zero-order valence-electron chi connectivity index (χ0n) is 17.9. The third-order valence-corrected chi connectivity index (χ3v) is 8.05. The van der Waals surface area contributed by atoms with Gasteiger partial charge in [-0.25, -0.2) is 12.8 Å². The normalized spacial score (nSPS) is 17.1. The molecule has 1 aliphatic heterocycles. The van der Waals surface area contributed by atoms with Crippen LogP contribution in [-0.2, 0) is 21.2 Å². The molecular weight excluding hydrogens is 467 g/mol. The maximum absolute atomic E-state index is 13.9. The summed E-state index contributed by atoms with van der Waals surface area (Å²) in [6.07, 6.45) is 0.451. The number of benzene rings is 2. The Morgan fingerprint density at radius 1 is 1.18 bits per heavy atom. The average Bonchev–Trinajstić information content (AvgIpc) is 3.39. The fourth-order valence-electron chi connectivity index (χ4n) is 3.54. The van der Waals surface area contributed by atoms with Gasteiger partial charge in [0.1, 0.15) is 6.61 Å². The third-order valence-electron chi connectivity index (χ3n) is 5.38. The van der Waals surface area contributed by atoms with Gasteiger partial charge in [-0.3, -0.25) is 9.36 Å². The molecule has 1 fully saturated rings. The molecule has 1 aromatic heterocycles. The number of sulfone groups is 1. The molecule has 0 saturated carbocycles. The Hall–Kier alpha value is -2.92. The molecule has 0 radical (unpaired) electrons. The molecule has 11 heteroatoms. The standard InChI is InChI=1S/C22H23FN4O4S2/c1-26(17-11-12-33(29,30)15-17)21(28)14-32-22-25-24-20(27(22)16-7-3-2-4-8-16)13-31-19-10-6-5-9-18(19)23/h2-10,17H,11-15H2,1H3/t17-/m0/s1. The predicted octanol–water partition coefficient (Wildman–Crippen LogP) is 2.72. The highest BCUT2D eigenvalue weighted by atomic mass is 32.2. The maximum Gasteiger partial charge on any atom is 0.233 e. The number of hydrogen-bond donors (Lipinski definition) is 0. The molecule has 4 rings (SSSR count). The van der Waals surface area contributed by atoms with Gasteiger partial charge in [-0.1, -0.05) is 42.1 Å². The smallest absolute Gasteiger partial charge is 0.233 e. The number of halogens is 1. The number of carbonyl (C=O) groups is 1. The van der Waals surface area contributed by atoms with Crippen LogP contribution in [0.2, 0.25) is 0 Å². The van der Waals surface area contributed by atoms with Crippen molar-refractivity contribution in [3.8, 4) is 11.4 Å². The number of ether oxygens (including phenoxy) is 1. The van der Waals surface area contributed by atoms with Crippen molar-refractivity contribution in [3.05, 3.63) is 66.2 Å². The zero-order chi connectivity index (χ0) is 23.4. The number of thioether (sulfide) groups is 1. The fraction of sp³-hybridized carbons (Fsp3) is 0.318. The molecule has 1 amide bonds. The molecule has 0 aliphatic carbocycles. The summed E-state index contributed by atoms with van der Waals surface area (Å²) < 4.78 is 44.8. The van der Waals surface area contributed by atoms with Gasteiger partial charge in [-0.15, -0.1) is 10.2 Å². The molecule has 174 valence electrons. The van der Waals surface area contributed by atoms with Crippen LogP contribution in [0.15, 0.2) is 59.8 Å². The lowest BCUT2D eigenvalue weighted by molar-refractivity contribution is -0.128. The lowest BCUT2D eigenvalue weighted by Crippen LogP contribution is -2.38. The van der Waals surface area contributed by atoms with Crippen LogP contribution in [0.4, 0.5) is 4.39 Å². The monoisotopic (exact) mass is 490 g/mol.